The van der Waals surface area contributed by atoms with E-state index in [0.717, 1.165) is 5.56 Å². The number of hydrogen-bond acceptors (Lipinski definition) is 3. The number of rotatable bonds is 3. The molecule has 1 amide bonds. The van der Waals surface area contributed by atoms with Crippen molar-refractivity contribution in [2.45, 2.75) is 33.8 Å². The largest absolute Gasteiger partial charge is 0.391 e. The molecule has 1 atom stereocenters. The lowest BCUT2D eigenvalue weighted by Gasteiger charge is -2.25. The number of aryl methyl sites for hydroxylation is 1. The van der Waals surface area contributed by atoms with E-state index in [1.54, 1.807) is 0 Å². The van der Waals surface area contributed by atoms with E-state index < -0.39 is 6.10 Å². The molecule has 0 aliphatic rings. The highest BCUT2D eigenvalue weighted by Crippen LogP contribution is 2.18. The van der Waals surface area contributed by atoms with Gasteiger partial charge >= 0.3 is 0 Å². The lowest BCUT2D eigenvalue weighted by molar-refractivity contribution is 0.0587. The number of amides is 1. The third kappa shape index (κ3) is 3.32. The summed E-state index contributed by atoms with van der Waals surface area (Å²) in [6.07, 6.45) is -0.532. The Morgan fingerprint density at radius 2 is 2.12 bits per heavy atom. The first-order valence-corrected chi connectivity index (χ1v) is 6.25. The Bertz CT molecular complexity index is 365. The molecule has 3 nitrogen and oxygen atoms in total. The van der Waals surface area contributed by atoms with Crippen LogP contribution in [0.1, 0.15) is 36.7 Å². The molecule has 0 aliphatic heterocycles. The van der Waals surface area contributed by atoms with Crippen LogP contribution >= 0.6 is 11.3 Å². The minimum atomic E-state index is -0.532. The van der Waals surface area contributed by atoms with Crippen LogP contribution in [-0.2, 0) is 0 Å². The molecule has 0 fully saturated rings. The van der Waals surface area contributed by atoms with Crippen molar-refractivity contribution in [2.75, 3.05) is 6.54 Å². The quantitative estimate of drug-likeness (QED) is 0.852. The molecule has 0 bridgehead atoms. The normalized spacial score (nSPS) is 13.6. The predicted octanol–water partition coefficient (Wildman–Crippen LogP) is 2.19. The molecule has 4 heteroatoms. The van der Waals surface area contributed by atoms with Gasteiger partial charge in [0, 0.05) is 11.9 Å². The van der Waals surface area contributed by atoms with Gasteiger partial charge in [0.05, 0.1) is 11.7 Å². The van der Waals surface area contributed by atoms with Crippen LogP contribution in [0.3, 0.4) is 0 Å². The molecule has 0 aromatic carbocycles. The van der Waals surface area contributed by atoms with Crippen molar-refractivity contribution in [3.63, 3.8) is 0 Å². The Morgan fingerprint density at radius 1 is 1.50 bits per heavy atom. The van der Waals surface area contributed by atoms with Crippen molar-refractivity contribution in [3.8, 4) is 0 Å². The van der Waals surface area contributed by atoms with Gasteiger partial charge in [0.25, 0.3) is 5.91 Å². The smallest absolute Gasteiger partial charge is 0.252 e. The summed E-state index contributed by atoms with van der Waals surface area (Å²) < 4.78 is 0. The standard InChI is InChI=1S/C12H19NO2S/c1-8-6-16-7-9(8)11(15)13-5-10(14)12(2,3)4/h6-7,10,14H,5H2,1-4H3,(H,13,15). The van der Waals surface area contributed by atoms with Crippen molar-refractivity contribution in [3.05, 3.63) is 21.9 Å². The van der Waals surface area contributed by atoms with Gasteiger partial charge in [0.15, 0.2) is 0 Å². The number of carbonyl (C=O) groups is 1. The molecule has 1 unspecified atom stereocenters. The molecule has 90 valence electrons. The Morgan fingerprint density at radius 3 is 2.56 bits per heavy atom. The lowest BCUT2D eigenvalue weighted by atomic mass is 9.89. The number of aliphatic hydroxyl groups excluding tert-OH is 1. The van der Waals surface area contributed by atoms with E-state index in [-0.39, 0.29) is 17.9 Å². The SMILES string of the molecule is Cc1cscc1C(=O)NCC(O)C(C)(C)C. The highest BCUT2D eigenvalue weighted by molar-refractivity contribution is 7.08. The Balaban J connectivity index is 2.52. The van der Waals surface area contributed by atoms with Gasteiger partial charge in [-0.1, -0.05) is 20.8 Å². The maximum Gasteiger partial charge on any atom is 0.252 e. The Hall–Kier alpha value is -0.870. The zero-order chi connectivity index (χ0) is 12.3. The number of carbonyl (C=O) groups excluding carboxylic acids is 1. The van der Waals surface area contributed by atoms with Gasteiger partial charge in [-0.25, -0.2) is 0 Å². The van der Waals surface area contributed by atoms with Crippen molar-refractivity contribution >= 4 is 17.2 Å². The second kappa shape index (κ2) is 4.97. The van der Waals surface area contributed by atoms with Crippen LogP contribution in [0.2, 0.25) is 0 Å². The van der Waals surface area contributed by atoms with Crippen LogP contribution < -0.4 is 5.32 Å². The zero-order valence-corrected chi connectivity index (χ0v) is 11.0. The van der Waals surface area contributed by atoms with Gasteiger partial charge in [0.2, 0.25) is 0 Å². The highest BCUT2D eigenvalue weighted by Gasteiger charge is 2.22. The van der Waals surface area contributed by atoms with Gasteiger partial charge in [-0.2, -0.15) is 11.3 Å². The fourth-order valence-corrected chi connectivity index (χ4v) is 2.01. The predicted molar refractivity (Wildman–Crippen MR) is 66.9 cm³/mol. The summed E-state index contributed by atoms with van der Waals surface area (Å²) in [5.41, 5.74) is 1.47. The topological polar surface area (TPSA) is 49.3 Å². The maximum atomic E-state index is 11.7. The van der Waals surface area contributed by atoms with E-state index in [4.69, 9.17) is 0 Å². The Kier molecular flexibility index (Phi) is 4.10. The molecule has 2 N–H and O–H groups in total. The number of hydrogen-bond donors (Lipinski definition) is 2. The van der Waals surface area contributed by atoms with E-state index in [1.165, 1.54) is 11.3 Å². The summed E-state index contributed by atoms with van der Waals surface area (Å²) in [4.78, 5) is 11.7. The molecule has 0 spiro atoms. The first kappa shape index (κ1) is 13.2. The number of aliphatic hydroxyl groups is 1. The molecule has 1 rings (SSSR count). The van der Waals surface area contributed by atoms with Gasteiger partial charge in [0.1, 0.15) is 0 Å². The van der Waals surface area contributed by atoms with Crippen molar-refractivity contribution in [2.24, 2.45) is 5.41 Å². The minimum absolute atomic E-state index is 0.109. The molecular formula is C12H19NO2S. The molecule has 0 radical (unpaired) electrons. The summed E-state index contributed by atoms with van der Waals surface area (Å²) in [6, 6.07) is 0. The maximum absolute atomic E-state index is 11.7. The van der Waals surface area contributed by atoms with Crippen molar-refractivity contribution < 1.29 is 9.90 Å². The molecule has 0 saturated carbocycles. The van der Waals surface area contributed by atoms with E-state index >= 15 is 0 Å². The average Bonchev–Trinajstić information content (AvgIpc) is 2.58. The molecular weight excluding hydrogens is 222 g/mol. The highest BCUT2D eigenvalue weighted by atomic mass is 32.1. The molecule has 0 aliphatic carbocycles. The fraction of sp³-hybridized carbons (Fsp3) is 0.583. The summed E-state index contributed by atoms with van der Waals surface area (Å²) in [5, 5.41) is 16.3. The van der Waals surface area contributed by atoms with Crippen molar-refractivity contribution in [1.29, 1.82) is 0 Å². The summed E-state index contributed by atoms with van der Waals surface area (Å²) in [6.45, 7) is 8.03. The summed E-state index contributed by atoms with van der Waals surface area (Å²) >= 11 is 1.51. The van der Waals surface area contributed by atoms with Crippen molar-refractivity contribution in [1.82, 2.24) is 5.32 Å². The van der Waals surface area contributed by atoms with Crippen LogP contribution in [0.4, 0.5) is 0 Å². The monoisotopic (exact) mass is 241 g/mol. The molecule has 1 aromatic rings. The average molecular weight is 241 g/mol. The summed E-state index contributed by atoms with van der Waals surface area (Å²) in [5.74, 6) is -0.109. The van der Waals surface area contributed by atoms with Gasteiger partial charge in [-0.05, 0) is 23.3 Å². The second-order valence-corrected chi connectivity index (χ2v) is 5.80. The first-order valence-electron chi connectivity index (χ1n) is 5.31. The summed E-state index contributed by atoms with van der Waals surface area (Å²) in [7, 11) is 0. The van der Waals surface area contributed by atoms with E-state index in [1.807, 2.05) is 38.5 Å². The minimum Gasteiger partial charge on any atom is -0.391 e. The lowest BCUT2D eigenvalue weighted by Crippen LogP contribution is -2.39. The van der Waals surface area contributed by atoms with Gasteiger partial charge < -0.3 is 10.4 Å². The van der Waals surface area contributed by atoms with Gasteiger partial charge in [-0.15, -0.1) is 0 Å². The van der Waals surface area contributed by atoms with Crippen LogP contribution in [-0.4, -0.2) is 23.7 Å². The molecule has 16 heavy (non-hydrogen) atoms. The first-order chi connectivity index (χ1) is 7.32. The van der Waals surface area contributed by atoms with E-state index in [9.17, 15) is 9.90 Å². The van der Waals surface area contributed by atoms with E-state index in [2.05, 4.69) is 5.32 Å². The van der Waals surface area contributed by atoms with Crippen LogP contribution in [0.25, 0.3) is 0 Å². The number of thiophene rings is 1. The Labute approximate surface area is 100 Å². The second-order valence-electron chi connectivity index (χ2n) is 5.06. The third-order valence-corrected chi connectivity index (χ3v) is 3.42. The zero-order valence-electron chi connectivity index (χ0n) is 10.2. The molecule has 1 aromatic heterocycles. The fourth-order valence-electron chi connectivity index (χ4n) is 1.18. The van der Waals surface area contributed by atoms with Crippen LogP contribution in [0.15, 0.2) is 10.8 Å². The van der Waals surface area contributed by atoms with Gasteiger partial charge in [-0.3, -0.25) is 4.79 Å². The van der Waals surface area contributed by atoms with Crippen LogP contribution in [0.5, 0.6) is 0 Å². The molecule has 1 heterocycles. The number of nitrogens with one attached hydrogen (secondary N) is 1. The third-order valence-electron chi connectivity index (χ3n) is 2.56. The van der Waals surface area contributed by atoms with E-state index in [0.29, 0.717) is 5.56 Å². The van der Waals surface area contributed by atoms with Crippen LogP contribution in [0, 0.1) is 12.3 Å². The molecule has 0 saturated heterocycles.